The van der Waals surface area contributed by atoms with Gasteiger partial charge in [-0.3, -0.25) is 14.4 Å². The fourth-order valence-corrected chi connectivity index (χ4v) is 2.94. The molecular weight excluding hydrogens is 380 g/mol. The molecule has 0 spiro atoms. The number of aryl methyl sites for hydroxylation is 2. The Kier molecular flexibility index (Phi) is 6.75. The number of amides is 2. The Morgan fingerprint density at radius 3 is 2.17 bits per heavy atom. The Morgan fingerprint density at radius 2 is 1.53 bits per heavy atom. The van der Waals surface area contributed by atoms with Crippen molar-refractivity contribution in [2.75, 3.05) is 10.6 Å². The molecule has 7 nitrogen and oxygen atoms in total. The maximum absolute atomic E-state index is 12.2. The number of anilines is 2. The molecule has 2 aromatic carbocycles. The van der Waals surface area contributed by atoms with Crippen LogP contribution in [0.5, 0.6) is 0 Å². The Labute approximate surface area is 174 Å². The Morgan fingerprint density at radius 1 is 0.900 bits per heavy atom. The second-order valence-electron chi connectivity index (χ2n) is 7.06. The highest BCUT2D eigenvalue weighted by Crippen LogP contribution is 2.16. The van der Waals surface area contributed by atoms with Gasteiger partial charge in [0.2, 0.25) is 11.8 Å². The molecule has 1 aromatic heterocycles. The summed E-state index contributed by atoms with van der Waals surface area (Å²) in [6.45, 7) is 3.81. The average Bonchev–Trinajstić information content (AvgIpc) is 2.71. The summed E-state index contributed by atoms with van der Waals surface area (Å²) in [6.07, 6.45) is 0.746. The molecule has 0 saturated carbocycles. The van der Waals surface area contributed by atoms with Crippen LogP contribution in [0.15, 0.2) is 65.5 Å². The van der Waals surface area contributed by atoms with E-state index in [1.165, 1.54) is 17.7 Å². The zero-order valence-corrected chi connectivity index (χ0v) is 17.0. The molecule has 0 radical (unpaired) electrons. The number of nitrogens with zero attached hydrogens (tertiary/aromatic N) is 2. The molecule has 2 N–H and O–H groups in total. The minimum absolute atomic E-state index is 0.148. The zero-order valence-electron chi connectivity index (χ0n) is 17.0. The lowest BCUT2D eigenvalue weighted by molar-refractivity contribution is -0.116. The van der Waals surface area contributed by atoms with Crippen molar-refractivity contribution in [1.82, 2.24) is 9.78 Å². The van der Waals surface area contributed by atoms with Crippen LogP contribution in [0.3, 0.4) is 0 Å². The Hall–Kier alpha value is -3.74. The maximum atomic E-state index is 12.2. The molecule has 3 aromatic rings. The summed E-state index contributed by atoms with van der Waals surface area (Å²) < 4.78 is 1.39. The SMILES string of the molecule is CC(=O)Nc1ccc(NC(=O)CCCn2nc(-c3ccc(C)cc3)ccc2=O)cc1. The normalized spacial score (nSPS) is 10.5. The van der Waals surface area contributed by atoms with Crippen LogP contribution in [-0.4, -0.2) is 21.6 Å². The van der Waals surface area contributed by atoms with Gasteiger partial charge in [0.15, 0.2) is 0 Å². The second-order valence-corrected chi connectivity index (χ2v) is 7.06. The van der Waals surface area contributed by atoms with Gasteiger partial charge < -0.3 is 10.6 Å². The van der Waals surface area contributed by atoms with Crippen LogP contribution in [0.4, 0.5) is 11.4 Å². The van der Waals surface area contributed by atoms with E-state index in [1.807, 2.05) is 31.2 Å². The molecule has 0 atom stereocenters. The fourth-order valence-electron chi connectivity index (χ4n) is 2.94. The highest BCUT2D eigenvalue weighted by molar-refractivity contribution is 5.92. The number of carbonyl (C=O) groups is 2. The van der Waals surface area contributed by atoms with Crippen LogP contribution in [0, 0.1) is 6.92 Å². The van der Waals surface area contributed by atoms with E-state index in [-0.39, 0.29) is 23.8 Å². The standard InChI is InChI=1S/C23H24N4O3/c1-16-5-7-18(8-6-16)21-13-14-23(30)27(26-21)15-3-4-22(29)25-20-11-9-19(10-12-20)24-17(2)28/h5-14H,3-4,15H2,1-2H3,(H,24,28)(H,25,29). The monoisotopic (exact) mass is 404 g/mol. The van der Waals surface area contributed by atoms with Gasteiger partial charge in [-0.25, -0.2) is 4.68 Å². The number of benzene rings is 2. The number of aromatic nitrogens is 2. The zero-order chi connectivity index (χ0) is 21.5. The lowest BCUT2D eigenvalue weighted by Crippen LogP contribution is -2.23. The van der Waals surface area contributed by atoms with Gasteiger partial charge in [-0.15, -0.1) is 0 Å². The van der Waals surface area contributed by atoms with Gasteiger partial charge in [-0.05, 0) is 43.7 Å². The van der Waals surface area contributed by atoms with E-state index in [9.17, 15) is 14.4 Å². The molecule has 7 heteroatoms. The number of rotatable bonds is 7. The van der Waals surface area contributed by atoms with Crippen molar-refractivity contribution in [1.29, 1.82) is 0 Å². The lowest BCUT2D eigenvalue weighted by Gasteiger charge is -2.09. The second kappa shape index (κ2) is 9.65. The number of nitrogens with one attached hydrogen (secondary N) is 2. The maximum Gasteiger partial charge on any atom is 0.266 e. The molecule has 0 unspecified atom stereocenters. The van der Waals surface area contributed by atoms with Crippen LogP contribution in [0.1, 0.15) is 25.3 Å². The van der Waals surface area contributed by atoms with Crippen LogP contribution in [-0.2, 0) is 16.1 Å². The van der Waals surface area contributed by atoms with Crippen molar-refractivity contribution in [2.45, 2.75) is 33.2 Å². The molecule has 154 valence electrons. The van der Waals surface area contributed by atoms with E-state index >= 15 is 0 Å². The Bertz CT molecular complexity index is 1090. The molecule has 0 bridgehead atoms. The third-order valence-corrected chi connectivity index (χ3v) is 4.48. The van der Waals surface area contributed by atoms with E-state index < -0.39 is 0 Å². The van der Waals surface area contributed by atoms with Gasteiger partial charge in [-0.2, -0.15) is 5.10 Å². The molecule has 3 rings (SSSR count). The first-order chi connectivity index (χ1) is 14.4. The molecule has 0 aliphatic heterocycles. The Balaban J connectivity index is 1.55. The van der Waals surface area contributed by atoms with Crippen molar-refractivity contribution < 1.29 is 9.59 Å². The number of carbonyl (C=O) groups excluding carboxylic acids is 2. The van der Waals surface area contributed by atoms with Crippen molar-refractivity contribution in [3.05, 3.63) is 76.6 Å². The lowest BCUT2D eigenvalue weighted by atomic mass is 10.1. The van der Waals surface area contributed by atoms with Crippen molar-refractivity contribution in [3.8, 4) is 11.3 Å². The summed E-state index contributed by atoms with van der Waals surface area (Å²) in [4.78, 5) is 35.3. The van der Waals surface area contributed by atoms with Crippen LogP contribution < -0.4 is 16.2 Å². The molecule has 2 amide bonds. The average molecular weight is 404 g/mol. The summed E-state index contributed by atoms with van der Waals surface area (Å²) in [5.74, 6) is -0.299. The molecule has 0 saturated heterocycles. The van der Waals surface area contributed by atoms with Gasteiger partial charge in [0.25, 0.3) is 5.56 Å². The minimum atomic E-state index is -0.195. The highest BCUT2D eigenvalue weighted by atomic mass is 16.2. The van der Waals surface area contributed by atoms with E-state index in [0.29, 0.717) is 24.3 Å². The smallest absolute Gasteiger partial charge is 0.266 e. The fraction of sp³-hybridized carbons (Fsp3) is 0.217. The highest BCUT2D eigenvalue weighted by Gasteiger charge is 2.06. The van der Waals surface area contributed by atoms with E-state index in [2.05, 4.69) is 15.7 Å². The van der Waals surface area contributed by atoms with Gasteiger partial charge in [0, 0.05) is 42.9 Å². The molecule has 0 fully saturated rings. The summed E-state index contributed by atoms with van der Waals surface area (Å²) >= 11 is 0. The number of hydrogen-bond acceptors (Lipinski definition) is 4. The molecule has 0 aliphatic rings. The molecule has 0 aliphatic carbocycles. The first-order valence-corrected chi connectivity index (χ1v) is 9.73. The van der Waals surface area contributed by atoms with Crippen LogP contribution in [0.25, 0.3) is 11.3 Å². The van der Waals surface area contributed by atoms with E-state index in [0.717, 1.165) is 16.8 Å². The first-order valence-electron chi connectivity index (χ1n) is 9.73. The predicted molar refractivity (Wildman–Crippen MR) is 117 cm³/mol. The molecular formula is C23H24N4O3. The minimum Gasteiger partial charge on any atom is -0.326 e. The summed E-state index contributed by atoms with van der Waals surface area (Å²) in [5, 5.41) is 9.90. The van der Waals surface area contributed by atoms with Gasteiger partial charge in [0.1, 0.15) is 0 Å². The van der Waals surface area contributed by atoms with E-state index in [1.54, 1.807) is 30.3 Å². The van der Waals surface area contributed by atoms with Gasteiger partial charge >= 0.3 is 0 Å². The molecule has 1 heterocycles. The first kappa shape index (κ1) is 21.0. The van der Waals surface area contributed by atoms with Crippen LogP contribution in [0.2, 0.25) is 0 Å². The quantitative estimate of drug-likeness (QED) is 0.629. The van der Waals surface area contributed by atoms with Crippen molar-refractivity contribution >= 4 is 23.2 Å². The summed E-state index contributed by atoms with van der Waals surface area (Å²) in [6, 6.07) is 18.0. The third-order valence-electron chi connectivity index (χ3n) is 4.48. The van der Waals surface area contributed by atoms with Gasteiger partial charge in [0.05, 0.1) is 5.69 Å². The van der Waals surface area contributed by atoms with Crippen molar-refractivity contribution in [2.24, 2.45) is 0 Å². The summed E-state index contributed by atoms with van der Waals surface area (Å²) in [7, 11) is 0. The van der Waals surface area contributed by atoms with Gasteiger partial charge in [-0.1, -0.05) is 29.8 Å². The predicted octanol–water partition coefficient (Wildman–Crippen LogP) is 3.60. The van der Waals surface area contributed by atoms with E-state index in [4.69, 9.17) is 0 Å². The molecule has 30 heavy (non-hydrogen) atoms. The topological polar surface area (TPSA) is 93.1 Å². The van der Waals surface area contributed by atoms with Crippen LogP contribution >= 0.6 is 0 Å². The summed E-state index contributed by atoms with van der Waals surface area (Å²) in [5.41, 5.74) is 3.93. The third kappa shape index (κ3) is 5.88. The van der Waals surface area contributed by atoms with Crippen molar-refractivity contribution in [3.63, 3.8) is 0 Å². The number of hydrogen-bond donors (Lipinski definition) is 2. The largest absolute Gasteiger partial charge is 0.326 e.